The maximum atomic E-state index is 14.1. The topological polar surface area (TPSA) is 76.1 Å². The molecule has 0 amide bonds. The van der Waals surface area contributed by atoms with Gasteiger partial charge in [-0.1, -0.05) is 18.2 Å². The summed E-state index contributed by atoms with van der Waals surface area (Å²) in [5.74, 6) is 0.828. The van der Waals surface area contributed by atoms with E-state index in [1.807, 2.05) is 25.1 Å². The number of Topliss-reactive ketones (excluding diaryl/α,β-unsaturated/α-hetero) is 1. The Morgan fingerprint density at radius 3 is 2.71 bits per heavy atom. The number of pyridine rings is 1. The lowest BCUT2D eigenvalue weighted by Crippen LogP contribution is -2.44. The third-order valence-electron chi connectivity index (χ3n) is 7.61. The molecule has 1 aromatic carbocycles. The van der Waals surface area contributed by atoms with Crippen LogP contribution in [0.15, 0.2) is 35.1 Å². The molecule has 7 heteroatoms. The third kappa shape index (κ3) is 4.92. The number of nitrogens with zero attached hydrogens (tertiary/aromatic N) is 1. The van der Waals surface area contributed by atoms with E-state index in [0.717, 1.165) is 41.7 Å². The summed E-state index contributed by atoms with van der Waals surface area (Å²) in [5, 5.41) is 4.23. The van der Waals surface area contributed by atoms with Crippen LogP contribution in [0, 0.1) is 19.8 Å². The number of hydrogen-bond acceptors (Lipinski definition) is 4. The van der Waals surface area contributed by atoms with Gasteiger partial charge in [0.1, 0.15) is 11.9 Å². The van der Waals surface area contributed by atoms with Gasteiger partial charge in [-0.25, -0.2) is 4.39 Å². The number of ketones is 1. The van der Waals surface area contributed by atoms with Gasteiger partial charge in [0.2, 0.25) is 0 Å². The Labute approximate surface area is 205 Å². The molecule has 0 aliphatic carbocycles. The Kier molecular flexibility index (Phi) is 7.45. The van der Waals surface area contributed by atoms with Gasteiger partial charge in [0.25, 0.3) is 5.56 Å². The van der Waals surface area contributed by atoms with E-state index in [2.05, 4.69) is 27.9 Å². The van der Waals surface area contributed by atoms with Crippen molar-refractivity contribution in [2.24, 2.45) is 5.92 Å². The van der Waals surface area contributed by atoms with Gasteiger partial charge in [-0.2, -0.15) is 0 Å². The molecule has 2 aromatic heterocycles. The minimum absolute atomic E-state index is 0.00671. The summed E-state index contributed by atoms with van der Waals surface area (Å²) in [4.78, 5) is 28.9. The molecule has 0 bridgehead atoms. The number of halogens is 1. The standard InChI is InChI=1S/C28H36FN3O3/c1-16-14-26(35-5)22(28(34)31-16)10-11-25(33)27-19(4)32(24-9-7-6-8-21(24)27)18(3)20-12-13-30-23(15-20)17(2)29/h6-9,14,17-18,20,23,30H,10-13,15H2,1-5H3,(H,31,34). The maximum absolute atomic E-state index is 14.1. The highest BCUT2D eigenvalue weighted by Gasteiger charge is 2.32. The number of methoxy groups -OCH3 is 1. The van der Waals surface area contributed by atoms with Crippen molar-refractivity contribution in [1.82, 2.24) is 14.9 Å². The average molecular weight is 482 g/mol. The molecule has 0 spiro atoms. The Morgan fingerprint density at radius 1 is 1.26 bits per heavy atom. The summed E-state index contributed by atoms with van der Waals surface area (Å²) in [7, 11) is 1.54. The molecule has 3 aromatic rings. The quantitative estimate of drug-likeness (QED) is 0.441. The summed E-state index contributed by atoms with van der Waals surface area (Å²) in [5.41, 5.74) is 3.65. The molecular weight excluding hydrogens is 445 g/mol. The number of aromatic nitrogens is 2. The summed E-state index contributed by atoms with van der Waals surface area (Å²) in [6.45, 7) is 8.40. The molecule has 3 heterocycles. The van der Waals surface area contributed by atoms with E-state index in [-0.39, 0.29) is 29.8 Å². The number of benzene rings is 1. The monoisotopic (exact) mass is 481 g/mol. The van der Waals surface area contributed by atoms with Crippen LogP contribution < -0.4 is 15.6 Å². The molecule has 4 unspecified atom stereocenters. The van der Waals surface area contributed by atoms with E-state index >= 15 is 0 Å². The first-order valence-corrected chi connectivity index (χ1v) is 12.5. The summed E-state index contributed by atoms with van der Waals surface area (Å²) in [6.07, 6.45) is 1.35. The van der Waals surface area contributed by atoms with Crippen LogP contribution in [-0.4, -0.2) is 41.2 Å². The van der Waals surface area contributed by atoms with E-state index in [1.165, 1.54) is 7.11 Å². The Bertz CT molecular complexity index is 1280. The van der Waals surface area contributed by atoms with Gasteiger partial charge >= 0.3 is 0 Å². The number of carbonyl (C=O) groups excluding carboxylic acids is 1. The summed E-state index contributed by atoms with van der Waals surface area (Å²) >= 11 is 0. The highest BCUT2D eigenvalue weighted by Crippen LogP contribution is 2.36. The fraction of sp³-hybridized carbons (Fsp3) is 0.500. The average Bonchev–Trinajstić information content (AvgIpc) is 3.14. The van der Waals surface area contributed by atoms with Crippen LogP contribution in [-0.2, 0) is 6.42 Å². The van der Waals surface area contributed by atoms with E-state index in [4.69, 9.17) is 4.74 Å². The zero-order valence-electron chi connectivity index (χ0n) is 21.3. The minimum Gasteiger partial charge on any atom is -0.496 e. The van der Waals surface area contributed by atoms with Gasteiger partial charge in [0, 0.05) is 46.4 Å². The fourth-order valence-electron chi connectivity index (χ4n) is 5.72. The van der Waals surface area contributed by atoms with E-state index in [1.54, 1.807) is 19.9 Å². The van der Waals surface area contributed by atoms with Crippen molar-refractivity contribution >= 4 is 16.7 Å². The number of ether oxygens (including phenoxy) is 1. The first kappa shape index (κ1) is 25.2. The van der Waals surface area contributed by atoms with Gasteiger partial charge < -0.3 is 19.6 Å². The summed E-state index contributed by atoms with van der Waals surface area (Å²) in [6, 6.07) is 9.76. The number of fused-ring (bicyclic) bond motifs is 1. The molecule has 1 fully saturated rings. The normalized spacial score (nSPS) is 20.1. The van der Waals surface area contributed by atoms with Crippen LogP contribution in [0.2, 0.25) is 0 Å². The molecule has 0 saturated carbocycles. The molecule has 35 heavy (non-hydrogen) atoms. The van der Waals surface area contributed by atoms with Crippen LogP contribution in [0.3, 0.4) is 0 Å². The van der Waals surface area contributed by atoms with Gasteiger partial charge in [0.05, 0.1) is 12.7 Å². The van der Waals surface area contributed by atoms with Crippen LogP contribution >= 0.6 is 0 Å². The summed E-state index contributed by atoms with van der Waals surface area (Å²) < 4.78 is 21.7. The predicted octanol–water partition coefficient (Wildman–Crippen LogP) is 5.06. The van der Waals surface area contributed by atoms with Gasteiger partial charge in [-0.3, -0.25) is 9.59 Å². The van der Waals surface area contributed by atoms with Crippen LogP contribution in [0.4, 0.5) is 4.39 Å². The first-order chi connectivity index (χ1) is 16.7. The van der Waals surface area contributed by atoms with Crippen LogP contribution in [0.1, 0.15) is 66.5 Å². The van der Waals surface area contributed by atoms with Crippen molar-refractivity contribution in [3.8, 4) is 5.75 Å². The molecule has 2 N–H and O–H groups in total. The zero-order valence-corrected chi connectivity index (χ0v) is 21.3. The lowest BCUT2D eigenvalue weighted by atomic mass is 9.85. The molecule has 4 atom stereocenters. The second kappa shape index (κ2) is 10.4. The van der Waals surface area contributed by atoms with Crippen molar-refractivity contribution in [1.29, 1.82) is 0 Å². The molecule has 1 aliphatic rings. The largest absolute Gasteiger partial charge is 0.496 e. The van der Waals surface area contributed by atoms with E-state index in [9.17, 15) is 14.0 Å². The number of carbonyl (C=O) groups is 1. The second-order valence-corrected chi connectivity index (χ2v) is 9.86. The second-order valence-electron chi connectivity index (χ2n) is 9.86. The fourth-order valence-corrected chi connectivity index (χ4v) is 5.72. The van der Waals surface area contributed by atoms with Gasteiger partial charge in [0.15, 0.2) is 5.78 Å². The van der Waals surface area contributed by atoms with Crippen molar-refractivity contribution in [3.05, 3.63) is 63.2 Å². The maximum Gasteiger partial charge on any atom is 0.255 e. The number of H-pyrrole nitrogens is 1. The Morgan fingerprint density at radius 2 is 2.00 bits per heavy atom. The number of rotatable bonds is 8. The molecule has 0 radical (unpaired) electrons. The van der Waals surface area contributed by atoms with Gasteiger partial charge in [-0.05, 0) is 71.6 Å². The highest BCUT2D eigenvalue weighted by atomic mass is 19.1. The molecule has 188 valence electrons. The first-order valence-electron chi connectivity index (χ1n) is 12.5. The minimum atomic E-state index is -0.897. The number of para-hydroxylation sites is 1. The van der Waals surface area contributed by atoms with Crippen molar-refractivity contribution in [3.63, 3.8) is 0 Å². The van der Waals surface area contributed by atoms with Crippen molar-refractivity contribution in [2.45, 2.75) is 71.6 Å². The number of aromatic amines is 1. The van der Waals surface area contributed by atoms with Crippen LogP contribution in [0.25, 0.3) is 10.9 Å². The lowest BCUT2D eigenvalue weighted by molar-refractivity contribution is 0.0983. The predicted molar refractivity (Wildman–Crippen MR) is 137 cm³/mol. The van der Waals surface area contributed by atoms with E-state index in [0.29, 0.717) is 29.2 Å². The Balaban J connectivity index is 1.65. The smallest absolute Gasteiger partial charge is 0.255 e. The lowest BCUT2D eigenvalue weighted by Gasteiger charge is -2.36. The third-order valence-corrected chi connectivity index (χ3v) is 7.61. The van der Waals surface area contributed by atoms with Crippen LogP contribution in [0.5, 0.6) is 5.75 Å². The van der Waals surface area contributed by atoms with Crippen molar-refractivity contribution < 1.29 is 13.9 Å². The number of nitrogens with one attached hydrogen (secondary N) is 2. The number of hydrogen-bond donors (Lipinski definition) is 2. The molecule has 6 nitrogen and oxygen atoms in total. The van der Waals surface area contributed by atoms with Gasteiger partial charge in [-0.15, -0.1) is 0 Å². The number of alkyl halides is 1. The number of aryl methyl sites for hydroxylation is 1. The zero-order chi connectivity index (χ0) is 25.3. The Hall–Kier alpha value is -2.93. The SMILES string of the molecule is COc1cc(C)[nH]c(=O)c1CCC(=O)c1c(C)n(C(C)C2CCNC(C(C)F)C2)c2ccccc12. The van der Waals surface area contributed by atoms with E-state index < -0.39 is 6.17 Å². The molecule has 1 aliphatic heterocycles. The molecular formula is C28H36FN3O3. The highest BCUT2D eigenvalue weighted by molar-refractivity contribution is 6.09. The molecule has 1 saturated heterocycles. The molecule has 4 rings (SSSR count). The number of piperidine rings is 1. The van der Waals surface area contributed by atoms with Crippen molar-refractivity contribution in [2.75, 3.05) is 13.7 Å².